The molecule has 1 atom stereocenters. The van der Waals surface area contributed by atoms with Crippen LogP contribution < -0.4 is 5.32 Å². The molecule has 1 aromatic carbocycles. The third-order valence-electron chi connectivity index (χ3n) is 2.97. The molecule has 15 heavy (non-hydrogen) atoms. The number of benzene rings is 1. The summed E-state index contributed by atoms with van der Waals surface area (Å²) in [6.45, 7) is 1.09. The van der Waals surface area contributed by atoms with Gasteiger partial charge < -0.3 is 5.32 Å². The largest absolute Gasteiger partial charge is 0.314 e. The van der Waals surface area contributed by atoms with Gasteiger partial charge in [0.1, 0.15) is 5.82 Å². The van der Waals surface area contributed by atoms with Gasteiger partial charge in [0, 0.05) is 16.6 Å². The van der Waals surface area contributed by atoms with Crippen molar-refractivity contribution in [3.8, 4) is 0 Å². The Hall–Kier alpha value is -0.600. The lowest BCUT2D eigenvalue weighted by Crippen LogP contribution is -2.21. The Morgan fingerprint density at radius 3 is 3.00 bits per heavy atom. The number of rotatable bonds is 3. The predicted octanol–water partition coefficient (Wildman–Crippen LogP) is 3.16. The molecule has 1 saturated heterocycles. The van der Waals surface area contributed by atoms with Crippen LogP contribution in [0.5, 0.6) is 0 Å². The average molecular weight is 228 g/mol. The number of hydrogen-bond acceptors (Lipinski definition) is 1. The van der Waals surface area contributed by atoms with Crippen molar-refractivity contribution in [3.05, 3.63) is 34.6 Å². The molecule has 0 aliphatic carbocycles. The SMILES string of the molecule is Fc1cccc(Cl)c1CCC1CCCN1. The highest BCUT2D eigenvalue weighted by Gasteiger charge is 2.15. The highest BCUT2D eigenvalue weighted by Crippen LogP contribution is 2.22. The Kier molecular flexibility index (Phi) is 3.60. The van der Waals surface area contributed by atoms with E-state index >= 15 is 0 Å². The second-order valence-electron chi connectivity index (χ2n) is 4.03. The van der Waals surface area contributed by atoms with Crippen LogP contribution in [0.2, 0.25) is 5.02 Å². The molecule has 1 aromatic rings. The van der Waals surface area contributed by atoms with Crippen molar-refractivity contribution in [2.75, 3.05) is 6.54 Å². The maximum absolute atomic E-state index is 13.4. The van der Waals surface area contributed by atoms with E-state index in [4.69, 9.17) is 11.6 Å². The molecule has 1 N–H and O–H groups in total. The molecule has 3 heteroatoms. The van der Waals surface area contributed by atoms with Crippen LogP contribution >= 0.6 is 11.6 Å². The fourth-order valence-electron chi connectivity index (χ4n) is 2.09. The zero-order valence-corrected chi connectivity index (χ0v) is 9.36. The van der Waals surface area contributed by atoms with E-state index in [0.717, 1.165) is 19.4 Å². The third kappa shape index (κ3) is 2.70. The molecule has 0 aromatic heterocycles. The smallest absolute Gasteiger partial charge is 0.127 e. The minimum Gasteiger partial charge on any atom is -0.314 e. The highest BCUT2D eigenvalue weighted by atomic mass is 35.5. The second-order valence-corrected chi connectivity index (χ2v) is 4.44. The zero-order valence-electron chi connectivity index (χ0n) is 8.60. The van der Waals surface area contributed by atoms with E-state index in [-0.39, 0.29) is 5.82 Å². The fraction of sp³-hybridized carbons (Fsp3) is 0.500. The van der Waals surface area contributed by atoms with E-state index in [2.05, 4.69) is 5.32 Å². The van der Waals surface area contributed by atoms with Gasteiger partial charge in [0.15, 0.2) is 0 Å². The summed E-state index contributed by atoms with van der Waals surface area (Å²) < 4.78 is 13.4. The van der Waals surface area contributed by atoms with Crippen LogP contribution in [0.1, 0.15) is 24.8 Å². The van der Waals surface area contributed by atoms with Crippen molar-refractivity contribution in [1.29, 1.82) is 0 Å². The lowest BCUT2D eigenvalue weighted by atomic mass is 10.0. The number of nitrogens with one attached hydrogen (secondary N) is 1. The Bertz CT molecular complexity index is 314. The van der Waals surface area contributed by atoms with Crippen molar-refractivity contribution in [2.24, 2.45) is 0 Å². The van der Waals surface area contributed by atoms with Crippen LogP contribution in [0.15, 0.2) is 18.2 Å². The summed E-state index contributed by atoms with van der Waals surface area (Å²) in [5.41, 5.74) is 0.660. The quantitative estimate of drug-likeness (QED) is 0.837. The monoisotopic (exact) mass is 227 g/mol. The zero-order chi connectivity index (χ0) is 10.7. The van der Waals surface area contributed by atoms with E-state index < -0.39 is 0 Å². The molecule has 0 amide bonds. The van der Waals surface area contributed by atoms with E-state index in [0.29, 0.717) is 16.6 Å². The maximum atomic E-state index is 13.4. The van der Waals surface area contributed by atoms with Gasteiger partial charge in [-0.25, -0.2) is 4.39 Å². The van der Waals surface area contributed by atoms with Crippen LogP contribution in [0.4, 0.5) is 4.39 Å². The second kappa shape index (κ2) is 4.95. The summed E-state index contributed by atoms with van der Waals surface area (Å²) in [5, 5.41) is 3.95. The molecule has 0 saturated carbocycles. The van der Waals surface area contributed by atoms with Gasteiger partial charge in [0.2, 0.25) is 0 Å². The van der Waals surface area contributed by atoms with Crippen LogP contribution in [-0.2, 0) is 6.42 Å². The first-order chi connectivity index (χ1) is 7.27. The Labute approximate surface area is 94.6 Å². The minimum absolute atomic E-state index is 0.180. The van der Waals surface area contributed by atoms with Crippen LogP contribution in [0, 0.1) is 5.82 Å². The normalized spacial score (nSPS) is 20.8. The van der Waals surface area contributed by atoms with Crippen molar-refractivity contribution in [3.63, 3.8) is 0 Å². The molecule has 1 aliphatic heterocycles. The van der Waals surface area contributed by atoms with Crippen LogP contribution in [-0.4, -0.2) is 12.6 Å². The molecule has 1 nitrogen and oxygen atoms in total. The van der Waals surface area contributed by atoms with Gasteiger partial charge in [-0.1, -0.05) is 17.7 Å². The summed E-state index contributed by atoms with van der Waals surface area (Å²) >= 11 is 5.95. The molecule has 1 unspecified atom stereocenters. The molecule has 0 spiro atoms. The van der Waals surface area contributed by atoms with Gasteiger partial charge in [-0.2, -0.15) is 0 Å². The lowest BCUT2D eigenvalue weighted by molar-refractivity contribution is 0.542. The Balaban J connectivity index is 1.97. The van der Waals surface area contributed by atoms with Crippen LogP contribution in [0.3, 0.4) is 0 Å². The topological polar surface area (TPSA) is 12.0 Å². The maximum Gasteiger partial charge on any atom is 0.127 e. The van der Waals surface area contributed by atoms with Crippen molar-refractivity contribution < 1.29 is 4.39 Å². The van der Waals surface area contributed by atoms with Gasteiger partial charge in [-0.05, 0) is 44.4 Å². The van der Waals surface area contributed by atoms with Crippen molar-refractivity contribution >= 4 is 11.6 Å². The summed E-state index contributed by atoms with van der Waals surface area (Å²) in [5.74, 6) is -0.180. The first-order valence-electron chi connectivity index (χ1n) is 5.43. The molecule has 2 rings (SSSR count). The summed E-state index contributed by atoms with van der Waals surface area (Å²) in [7, 11) is 0. The molecule has 82 valence electrons. The molecular formula is C12H15ClFN. The van der Waals surface area contributed by atoms with Gasteiger partial charge in [-0.15, -0.1) is 0 Å². The third-order valence-corrected chi connectivity index (χ3v) is 3.32. The highest BCUT2D eigenvalue weighted by molar-refractivity contribution is 6.31. The van der Waals surface area contributed by atoms with Gasteiger partial charge in [0.05, 0.1) is 0 Å². The molecule has 1 heterocycles. The summed E-state index contributed by atoms with van der Waals surface area (Å²) in [6, 6.07) is 5.42. The average Bonchev–Trinajstić information content (AvgIpc) is 2.70. The molecule has 0 radical (unpaired) electrons. The molecule has 1 aliphatic rings. The van der Waals surface area contributed by atoms with Gasteiger partial charge in [-0.3, -0.25) is 0 Å². The van der Waals surface area contributed by atoms with E-state index in [1.807, 2.05) is 0 Å². The minimum atomic E-state index is -0.180. The fourth-order valence-corrected chi connectivity index (χ4v) is 2.35. The standard InChI is InChI=1S/C12H15ClFN/c13-11-4-1-5-12(14)10(11)7-6-9-3-2-8-15-9/h1,4-5,9,15H,2-3,6-8H2. The molecule has 1 fully saturated rings. The Morgan fingerprint density at radius 1 is 1.47 bits per heavy atom. The van der Waals surface area contributed by atoms with Gasteiger partial charge >= 0.3 is 0 Å². The predicted molar refractivity (Wildman–Crippen MR) is 60.8 cm³/mol. The summed E-state index contributed by atoms with van der Waals surface area (Å²) in [4.78, 5) is 0. The van der Waals surface area contributed by atoms with E-state index in [9.17, 15) is 4.39 Å². The number of halogens is 2. The van der Waals surface area contributed by atoms with Gasteiger partial charge in [0.25, 0.3) is 0 Å². The number of hydrogen-bond donors (Lipinski definition) is 1. The summed E-state index contributed by atoms with van der Waals surface area (Å²) in [6.07, 6.45) is 4.13. The first kappa shape index (κ1) is 10.9. The molecular weight excluding hydrogens is 213 g/mol. The van der Waals surface area contributed by atoms with E-state index in [1.165, 1.54) is 18.9 Å². The Morgan fingerprint density at radius 2 is 2.33 bits per heavy atom. The first-order valence-corrected chi connectivity index (χ1v) is 5.81. The van der Waals surface area contributed by atoms with Crippen molar-refractivity contribution in [1.82, 2.24) is 5.32 Å². The van der Waals surface area contributed by atoms with Crippen molar-refractivity contribution in [2.45, 2.75) is 31.7 Å². The van der Waals surface area contributed by atoms with E-state index in [1.54, 1.807) is 12.1 Å². The molecule has 0 bridgehead atoms. The lowest BCUT2D eigenvalue weighted by Gasteiger charge is -2.11. The van der Waals surface area contributed by atoms with Crippen LogP contribution in [0.25, 0.3) is 0 Å².